The van der Waals surface area contributed by atoms with Crippen LogP contribution in [0.5, 0.6) is 5.75 Å². The van der Waals surface area contributed by atoms with Gasteiger partial charge in [0.1, 0.15) is 11.4 Å². The second-order valence-corrected chi connectivity index (χ2v) is 5.54. The predicted molar refractivity (Wildman–Crippen MR) is 88.1 cm³/mol. The molecule has 0 aliphatic carbocycles. The molecule has 2 heterocycles. The lowest BCUT2D eigenvalue weighted by Crippen LogP contribution is -2.01. The fourth-order valence-electron chi connectivity index (χ4n) is 2.51. The Kier molecular flexibility index (Phi) is 4.21. The van der Waals surface area contributed by atoms with Crippen LogP contribution in [0.15, 0.2) is 42.6 Å². The third-order valence-corrected chi connectivity index (χ3v) is 3.84. The van der Waals surface area contributed by atoms with E-state index in [2.05, 4.69) is 4.98 Å². The summed E-state index contributed by atoms with van der Waals surface area (Å²) in [6.07, 6.45) is 2.16. The number of hydrogen-bond acceptors (Lipinski definition) is 3. The zero-order chi connectivity index (χ0) is 16.4. The van der Waals surface area contributed by atoms with Gasteiger partial charge in [0.2, 0.25) is 0 Å². The van der Waals surface area contributed by atoms with E-state index in [0.717, 1.165) is 28.3 Å². The lowest BCUT2D eigenvalue weighted by Gasteiger charge is -2.05. The molecule has 0 radical (unpaired) electrons. The molecule has 1 aromatic carbocycles. The van der Waals surface area contributed by atoms with Gasteiger partial charge in [0.05, 0.1) is 29.9 Å². The summed E-state index contributed by atoms with van der Waals surface area (Å²) in [5.74, 6) is -0.0877. The Morgan fingerprint density at radius 1 is 1.26 bits per heavy atom. The summed E-state index contributed by atoms with van der Waals surface area (Å²) in [6, 6.07) is 11.1. The molecular formula is C17H15ClN2O3. The number of nitrogens with zero attached hydrogens (tertiary/aromatic N) is 2. The Labute approximate surface area is 138 Å². The first-order valence-electron chi connectivity index (χ1n) is 7.11. The van der Waals surface area contributed by atoms with Crippen LogP contribution in [0.1, 0.15) is 12.1 Å². The van der Waals surface area contributed by atoms with Crippen molar-refractivity contribution >= 4 is 23.2 Å². The molecule has 0 saturated carbocycles. The molecule has 6 heteroatoms. The summed E-state index contributed by atoms with van der Waals surface area (Å²) < 4.78 is 7.02. The highest BCUT2D eigenvalue weighted by Crippen LogP contribution is 2.28. The third kappa shape index (κ3) is 3.14. The van der Waals surface area contributed by atoms with E-state index in [0.29, 0.717) is 11.4 Å². The minimum atomic E-state index is -0.845. The zero-order valence-corrected chi connectivity index (χ0v) is 13.2. The van der Waals surface area contributed by atoms with Crippen molar-refractivity contribution in [3.8, 4) is 17.0 Å². The van der Waals surface area contributed by atoms with Crippen molar-refractivity contribution in [2.24, 2.45) is 0 Å². The number of aliphatic carboxylic acids is 1. The van der Waals surface area contributed by atoms with Crippen LogP contribution in [-0.4, -0.2) is 27.6 Å². The van der Waals surface area contributed by atoms with Crippen LogP contribution >= 0.6 is 11.6 Å². The number of methoxy groups -OCH3 is 1. The summed E-state index contributed by atoms with van der Waals surface area (Å²) in [5, 5.41) is 9.57. The van der Waals surface area contributed by atoms with Gasteiger partial charge in [-0.2, -0.15) is 0 Å². The number of pyridine rings is 1. The van der Waals surface area contributed by atoms with Gasteiger partial charge < -0.3 is 14.2 Å². The number of ether oxygens (including phenoxy) is 1. The topological polar surface area (TPSA) is 63.8 Å². The van der Waals surface area contributed by atoms with Gasteiger partial charge in [0, 0.05) is 18.2 Å². The van der Waals surface area contributed by atoms with Crippen LogP contribution in [0.3, 0.4) is 0 Å². The van der Waals surface area contributed by atoms with E-state index >= 15 is 0 Å². The smallest absolute Gasteiger partial charge is 0.303 e. The molecule has 0 amide bonds. The molecular weight excluding hydrogens is 316 g/mol. The summed E-state index contributed by atoms with van der Waals surface area (Å²) >= 11 is 6.07. The van der Waals surface area contributed by atoms with Crippen LogP contribution in [0.25, 0.3) is 16.9 Å². The standard InChI is InChI=1S/C17H15ClN2O3/c1-23-13-5-2-11(3-6-13)17-14(7-9-16(21)22)20-10-12(18)4-8-15(20)19-17/h2-6,8,10H,7,9H2,1H3,(H,21,22). The molecule has 3 aromatic rings. The number of halogens is 1. The Morgan fingerprint density at radius 3 is 2.65 bits per heavy atom. The first-order valence-corrected chi connectivity index (χ1v) is 7.49. The lowest BCUT2D eigenvalue weighted by atomic mass is 10.1. The number of carbonyl (C=O) groups is 1. The molecule has 3 rings (SSSR count). The number of carboxylic acids is 1. The van der Waals surface area contributed by atoms with Crippen LogP contribution < -0.4 is 4.74 Å². The fourth-order valence-corrected chi connectivity index (χ4v) is 2.67. The summed E-state index contributed by atoms with van der Waals surface area (Å²) in [6.45, 7) is 0. The number of benzene rings is 1. The highest BCUT2D eigenvalue weighted by molar-refractivity contribution is 6.30. The Morgan fingerprint density at radius 2 is 2.00 bits per heavy atom. The minimum absolute atomic E-state index is 0.0312. The molecule has 1 N–H and O–H groups in total. The fraction of sp³-hybridized carbons (Fsp3) is 0.176. The van der Waals surface area contributed by atoms with E-state index in [1.807, 2.05) is 34.7 Å². The monoisotopic (exact) mass is 330 g/mol. The van der Waals surface area contributed by atoms with Gasteiger partial charge in [-0.3, -0.25) is 4.79 Å². The molecule has 0 fully saturated rings. The molecule has 0 atom stereocenters. The van der Waals surface area contributed by atoms with E-state index < -0.39 is 5.97 Å². The van der Waals surface area contributed by atoms with Crippen molar-refractivity contribution in [2.75, 3.05) is 7.11 Å². The van der Waals surface area contributed by atoms with Crippen molar-refractivity contribution in [3.05, 3.63) is 53.3 Å². The Balaban J connectivity index is 2.13. The molecule has 0 saturated heterocycles. The van der Waals surface area contributed by atoms with Gasteiger partial charge in [0.15, 0.2) is 0 Å². The van der Waals surface area contributed by atoms with Crippen LogP contribution in [0.4, 0.5) is 0 Å². The molecule has 0 bridgehead atoms. The maximum atomic E-state index is 11.0. The quantitative estimate of drug-likeness (QED) is 0.775. The van der Waals surface area contributed by atoms with Crippen LogP contribution in [0.2, 0.25) is 5.02 Å². The summed E-state index contributed by atoms with van der Waals surface area (Å²) in [5.41, 5.74) is 3.23. The number of hydrogen-bond donors (Lipinski definition) is 1. The molecule has 0 aliphatic heterocycles. The third-order valence-electron chi connectivity index (χ3n) is 3.62. The van der Waals surface area contributed by atoms with E-state index in [-0.39, 0.29) is 6.42 Å². The van der Waals surface area contributed by atoms with Gasteiger partial charge in [-0.05, 0) is 36.4 Å². The molecule has 23 heavy (non-hydrogen) atoms. The molecule has 5 nitrogen and oxygen atoms in total. The molecule has 0 spiro atoms. The Hall–Kier alpha value is -2.53. The van der Waals surface area contributed by atoms with Gasteiger partial charge in [-0.15, -0.1) is 0 Å². The highest BCUT2D eigenvalue weighted by atomic mass is 35.5. The van der Waals surface area contributed by atoms with Crippen LogP contribution in [-0.2, 0) is 11.2 Å². The molecule has 0 aliphatic rings. The van der Waals surface area contributed by atoms with E-state index in [1.165, 1.54) is 0 Å². The average Bonchev–Trinajstić information content (AvgIpc) is 2.90. The first kappa shape index (κ1) is 15.4. The van der Waals surface area contributed by atoms with E-state index in [9.17, 15) is 4.79 Å². The van der Waals surface area contributed by atoms with Gasteiger partial charge >= 0.3 is 5.97 Å². The van der Waals surface area contributed by atoms with Gasteiger partial charge in [-0.25, -0.2) is 4.98 Å². The molecule has 0 unspecified atom stereocenters. The largest absolute Gasteiger partial charge is 0.497 e. The second-order valence-electron chi connectivity index (χ2n) is 5.10. The van der Waals surface area contributed by atoms with E-state index in [1.54, 1.807) is 19.4 Å². The Bertz CT molecular complexity index is 856. The second kappa shape index (κ2) is 6.30. The summed E-state index contributed by atoms with van der Waals surface area (Å²) in [7, 11) is 1.61. The highest BCUT2D eigenvalue weighted by Gasteiger charge is 2.15. The first-order chi connectivity index (χ1) is 11.1. The van der Waals surface area contributed by atoms with Crippen molar-refractivity contribution in [2.45, 2.75) is 12.8 Å². The summed E-state index contributed by atoms with van der Waals surface area (Å²) in [4.78, 5) is 15.6. The van der Waals surface area contributed by atoms with Crippen molar-refractivity contribution in [1.29, 1.82) is 0 Å². The van der Waals surface area contributed by atoms with Crippen molar-refractivity contribution < 1.29 is 14.6 Å². The van der Waals surface area contributed by atoms with Crippen molar-refractivity contribution in [3.63, 3.8) is 0 Å². The number of carboxylic acid groups (broad SMARTS) is 1. The normalized spacial score (nSPS) is 10.9. The maximum absolute atomic E-state index is 11.0. The van der Waals surface area contributed by atoms with Crippen molar-refractivity contribution in [1.82, 2.24) is 9.38 Å². The lowest BCUT2D eigenvalue weighted by molar-refractivity contribution is -0.136. The van der Waals surface area contributed by atoms with Gasteiger partial charge in [-0.1, -0.05) is 11.6 Å². The average molecular weight is 331 g/mol. The number of aromatic nitrogens is 2. The number of imidazole rings is 1. The van der Waals surface area contributed by atoms with Gasteiger partial charge in [0.25, 0.3) is 0 Å². The maximum Gasteiger partial charge on any atom is 0.303 e. The number of rotatable bonds is 5. The SMILES string of the molecule is COc1ccc(-c2nc3ccc(Cl)cn3c2CCC(=O)O)cc1. The molecule has 118 valence electrons. The number of fused-ring (bicyclic) bond motifs is 1. The zero-order valence-electron chi connectivity index (χ0n) is 12.5. The van der Waals surface area contributed by atoms with Crippen LogP contribution in [0, 0.1) is 0 Å². The predicted octanol–water partition coefficient (Wildman–Crippen LogP) is 3.68. The molecule has 2 aromatic heterocycles. The van der Waals surface area contributed by atoms with E-state index in [4.69, 9.17) is 21.4 Å². The minimum Gasteiger partial charge on any atom is -0.497 e. The number of aryl methyl sites for hydroxylation is 1.